The molecule has 0 aromatic heterocycles. The highest BCUT2D eigenvalue weighted by molar-refractivity contribution is 6.03. The van der Waals surface area contributed by atoms with E-state index in [4.69, 9.17) is 0 Å². The Morgan fingerprint density at radius 2 is 0.974 bits per heavy atom. The molecule has 0 unspecified atom stereocenters. The van der Waals surface area contributed by atoms with Crippen molar-refractivity contribution in [1.29, 1.82) is 0 Å². The smallest absolute Gasteiger partial charge is 0.240 e. The lowest BCUT2D eigenvalue weighted by atomic mass is 9.84. The van der Waals surface area contributed by atoms with Crippen molar-refractivity contribution in [2.24, 2.45) is 0 Å². The van der Waals surface area contributed by atoms with Crippen molar-refractivity contribution in [3.8, 4) is 0 Å². The fraction of sp³-hybridized carbons (Fsp3) is 0.200. The molecule has 1 amide bonds. The molecule has 39 heavy (non-hydrogen) atoms. The van der Waals surface area contributed by atoms with Gasteiger partial charge in [-0.2, -0.15) is 0 Å². The molecular weight excluding hydrogens is 480 g/mol. The number of likely N-dealkylation sites (N-methyl/N-ethyl adjacent to an activating group) is 1. The molecule has 0 saturated carbocycles. The van der Waals surface area contributed by atoms with Crippen molar-refractivity contribution in [1.82, 2.24) is 10.2 Å². The number of hydrogen-bond acceptors (Lipinski definition) is 3. The molecule has 0 bridgehead atoms. The molecule has 0 aliphatic heterocycles. The predicted molar refractivity (Wildman–Crippen MR) is 158 cm³/mol. The second-order valence-electron chi connectivity index (χ2n) is 9.46. The Labute approximate surface area is 232 Å². The first-order chi connectivity index (χ1) is 19.1. The van der Waals surface area contributed by atoms with E-state index in [0.29, 0.717) is 24.5 Å². The summed E-state index contributed by atoms with van der Waals surface area (Å²) in [7, 11) is 0. The molecule has 0 heterocycles. The minimum absolute atomic E-state index is 0.0365. The highest BCUT2D eigenvalue weighted by Crippen LogP contribution is 2.32. The van der Waals surface area contributed by atoms with Crippen LogP contribution >= 0.6 is 0 Å². The first-order valence-electron chi connectivity index (χ1n) is 13.6. The van der Waals surface area contributed by atoms with Gasteiger partial charge in [-0.25, -0.2) is 0 Å². The van der Waals surface area contributed by atoms with Gasteiger partial charge >= 0.3 is 0 Å². The molecule has 4 aromatic rings. The zero-order chi connectivity index (χ0) is 27.6. The van der Waals surface area contributed by atoms with Gasteiger partial charge in [-0.1, -0.05) is 121 Å². The van der Waals surface area contributed by atoms with Gasteiger partial charge in [0.2, 0.25) is 5.91 Å². The lowest BCUT2D eigenvalue weighted by Gasteiger charge is -2.31. The Bertz CT molecular complexity index is 1310. The van der Waals surface area contributed by atoms with Crippen LogP contribution in [0.1, 0.15) is 54.9 Å². The normalized spacial score (nSPS) is 11.7. The van der Waals surface area contributed by atoms with E-state index in [1.54, 1.807) is 4.90 Å². The number of benzene rings is 4. The average Bonchev–Trinajstić information content (AvgIpc) is 2.99. The minimum atomic E-state index is -0.497. The van der Waals surface area contributed by atoms with E-state index in [0.717, 1.165) is 22.3 Å². The summed E-state index contributed by atoms with van der Waals surface area (Å²) in [5.74, 6) is -0.528. The fourth-order valence-electron chi connectivity index (χ4n) is 5.07. The predicted octanol–water partition coefficient (Wildman–Crippen LogP) is 6.91. The quantitative estimate of drug-likeness (QED) is 0.220. The summed E-state index contributed by atoms with van der Waals surface area (Å²) >= 11 is 0. The van der Waals surface area contributed by atoms with Crippen LogP contribution < -0.4 is 5.32 Å². The molecule has 0 aliphatic rings. The molecule has 4 heteroatoms. The van der Waals surface area contributed by atoms with Crippen molar-refractivity contribution in [3.05, 3.63) is 155 Å². The molecule has 4 aromatic carbocycles. The lowest BCUT2D eigenvalue weighted by Crippen LogP contribution is -2.41. The molecule has 0 saturated heterocycles. The van der Waals surface area contributed by atoms with Crippen molar-refractivity contribution in [3.63, 3.8) is 0 Å². The Hall–Kier alpha value is -4.44. The van der Waals surface area contributed by atoms with Crippen molar-refractivity contribution >= 4 is 11.7 Å². The van der Waals surface area contributed by atoms with Crippen LogP contribution in [-0.2, 0) is 9.59 Å². The molecule has 0 spiro atoms. The average molecular weight is 517 g/mol. The molecular formula is C35H36N2O2. The highest BCUT2D eigenvalue weighted by Gasteiger charge is 2.32. The van der Waals surface area contributed by atoms with Crippen LogP contribution in [0, 0.1) is 0 Å². The summed E-state index contributed by atoms with van der Waals surface area (Å²) in [5, 5.41) is 3.37. The molecule has 0 atom stereocenters. The van der Waals surface area contributed by atoms with Crippen molar-refractivity contribution in [2.75, 3.05) is 13.1 Å². The van der Waals surface area contributed by atoms with Crippen LogP contribution in [0.25, 0.3) is 0 Å². The van der Waals surface area contributed by atoms with Gasteiger partial charge in [0, 0.05) is 18.7 Å². The Morgan fingerprint density at radius 3 is 1.31 bits per heavy atom. The number of carbonyl (C=O) groups excluding carboxylic acids is 2. The third-order valence-corrected chi connectivity index (χ3v) is 6.96. The van der Waals surface area contributed by atoms with Gasteiger partial charge in [0.15, 0.2) is 5.78 Å². The molecule has 0 fully saturated rings. The van der Waals surface area contributed by atoms with Crippen LogP contribution in [0.2, 0.25) is 0 Å². The van der Waals surface area contributed by atoms with E-state index in [9.17, 15) is 9.59 Å². The second-order valence-corrected chi connectivity index (χ2v) is 9.46. The van der Waals surface area contributed by atoms with Gasteiger partial charge in [-0.3, -0.25) is 14.5 Å². The van der Waals surface area contributed by atoms with E-state index in [2.05, 4.69) is 5.32 Å². The number of amides is 1. The standard InChI is InChI=1S/C35H36N2O2/c1-4-36-34(26(3)33(38)31(27-18-10-6-11-19-27)28-20-12-7-13-21-28)37(5-2)35(39)32(29-22-14-8-15-23-29)30-24-16-9-17-25-30/h6-25,31-32,36H,4-5H2,1-3H3/b34-26+. The molecule has 0 radical (unpaired) electrons. The zero-order valence-electron chi connectivity index (χ0n) is 22.9. The molecule has 198 valence electrons. The first kappa shape index (κ1) is 27.6. The van der Waals surface area contributed by atoms with Gasteiger partial charge in [0.25, 0.3) is 0 Å². The van der Waals surface area contributed by atoms with Gasteiger partial charge in [0.05, 0.1) is 11.8 Å². The lowest BCUT2D eigenvalue weighted by molar-refractivity contribution is -0.130. The number of carbonyl (C=O) groups is 2. The van der Waals surface area contributed by atoms with Gasteiger partial charge < -0.3 is 5.32 Å². The number of Topliss-reactive ketones (excluding diaryl/α,β-unsaturated/α-hetero) is 1. The third-order valence-electron chi connectivity index (χ3n) is 6.96. The number of rotatable bonds is 11. The van der Waals surface area contributed by atoms with E-state index >= 15 is 0 Å². The summed E-state index contributed by atoms with van der Waals surface area (Å²) in [5.41, 5.74) is 4.20. The van der Waals surface area contributed by atoms with Crippen LogP contribution in [0.3, 0.4) is 0 Å². The number of allylic oxidation sites excluding steroid dienone is 1. The zero-order valence-corrected chi connectivity index (χ0v) is 22.9. The van der Waals surface area contributed by atoms with E-state index in [1.807, 2.05) is 142 Å². The maximum absolute atomic E-state index is 14.4. The molecule has 0 aliphatic carbocycles. The number of hydrogen-bond donors (Lipinski definition) is 1. The largest absolute Gasteiger partial charge is 0.371 e. The van der Waals surface area contributed by atoms with Crippen LogP contribution in [0.5, 0.6) is 0 Å². The van der Waals surface area contributed by atoms with Crippen LogP contribution in [0.15, 0.2) is 133 Å². The number of nitrogens with zero attached hydrogens (tertiary/aromatic N) is 1. The van der Waals surface area contributed by atoms with E-state index < -0.39 is 11.8 Å². The molecule has 4 nitrogen and oxygen atoms in total. The van der Waals surface area contributed by atoms with Crippen molar-refractivity contribution in [2.45, 2.75) is 32.6 Å². The summed E-state index contributed by atoms with van der Waals surface area (Å²) in [6, 6.07) is 39.3. The van der Waals surface area contributed by atoms with Gasteiger partial charge in [0.1, 0.15) is 5.82 Å². The third kappa shape index (κ3) is 6.35. The Balaban J connectivity index is 1.81. The summed E-state index contributed by atoms with van der Waals surface area (Å²) < 4.78 is 0. The molecule has 1 N–H and O–H groups in total. The summed E-state index contributed by atoms with van der Waals surface area (Å²) in [6.07, 6.45) is 0. The van der Waals surface area contributed by atoms with Crippen molar-refractivity contribution < 1.29 is 9.59 Å². The van der Waals surface area contributed by atoms with Gasteiger partial charge in [-0.15, -0.1) is 0 Å². The SMILES string of the molecule is CCN/C(=C(/C)C(=O)C(c1ccccc1)c1ccccc1)N(CC)C(=O)C(c1ccccc1)c1ccccc1. The number of nitrogens with one attached hydrogen (secondary N) is 1. The maximum atomic E-state index is 14.4. The number of ketones is 1. The highest BCUT2D eigenvalue weighted by atomic mass is 16.2. The summed E-state index contributed by atoms with van der Waals surface area (Å²) in [4.78, 5) is 30.4. The van der Waals surface area contributed by atoms with E-state index in [1.165, 1.54) is 0 Å². The monoisotopic (exact) mass is 516 g/mol. The minimum Gasteiger partial charge on any atom is -0.371 e. The topological polar surface area (TPSA) is 49.4 Å². The summed E-state index contributed by atoms with van der Waals surface area (Å²) in [6.45, 7) is 6.75. The molecule has 4 rings (SSSR count). The van der Waals surface area contributed by atoms with Crippen LogP contribution in [-0.4, -0.2) is 29.7 Å². The van der Waals surface area contributed by atoms with Gasteiger partial charge in [-0.05, 0) is 43.0 Å². The Kier molecular flexibility index (Phi) is 9.47. The Morgan fingerprint density at radius 1 is 0.615 bits per heavy atom. The maximum Gasteiger partial charge on any atom is 0.240 e. The van der Waals surface area contributed by atoms with Crippen LogP contribution in [0.4, 0.5) is 0 Å². The van der Waals surface area contributed by atoms with E-state index in [-0.39, 0.29) is 11.7 Å². The second kappa shape index (κ2) is 13.4. The first-order valence-corrected chi connectivity index (χ1v) is 13.6. The fourth-order valence-corrected chi connectivity index (χ4v) is 5.07.